The highest BCUT2D eigenvalue weighted by Crippen LogP contribution is 2.30. The second-order valence-electron chi connectivity index (χ2n) is 5.46. The zero-order chi connectivity index (χ0) is 13.1. The van der Waals surface area contributed by atoms with E-state index in [9.17, 15) is 4.39 Å². The predicted octanol–water partition coefficient (Wildman–Crippen LogP) is 0.822. The Kier molecular flexibility index (Phi) is 3.61. The Bertz CT molecular complexity index is 419. The number of aromatic nitrogens is 2. The van der Waals surface area contributed by atoms with Gasteiger partial charge in [-0.15, -0.1) is 0 Å². The Hall–Kier alpha value is -1.27. The van der Waals surface area contributed by atoms with Gasteiger partial charge >= 0.3 is 0 Å². The molecule has 1 atom stereocenters. The van der Waals surface area contributed by atoms with Crippen molar-refractivity contribution in [1.82, 2.24) is 15.3 Å². The van der Waals surface area contributed by atoms with Crippen LogP contribution in [0.3, 0.4) is 0 Å². The topological polar surface area (TPSA) is 50.3 Å². The molecule has 0 saturated carbocycles. The van der Waals surface area contributed by atoms with E-state index in [1.54, 1.807) is 0 Å². The number of nitrogens with one attached hydrogen (secondary N) is 1. The molecule has 2 saturated heterocycles. The third kappa shape index (κ3) is 2.84. The van der Waals surface area contributed by atoms with Gasteiger partial charge in [0.2, 0.25) is 5.95 Å². The molecule has 1 aromatic heterocycles. The van der Waals surface area contributed by atoms with Crippen molar-refractivity contribution in [2.45, 2.75) is 12.8 Å². The predicted molar refractivity (Wildman–Crippen MR) is 69.6 cm³/mol. The smallest absolute Gasteiger partial charge is 0.225 e. The second kappa shape index (κ2) is 5.38. The van der Waals surface area contributed by atoms with Gasteiger partial charge in [-0.05, 0) is 19.4 Å². The van der Waals surface area contributed by atoms with Gasteiger partial charge in [0.15, 0.2) is 5.82 Å². The molecule has 0 radical (unpaired) electrons. The number of rotatable bonds is 1. The van der Waals surface area contributed by atoms with Crippen molar-refractivity contribution in [3.63, 3.8) is 0 Å². The highest BCUT2D eigenvalue weighted by molar-refractivity contribution is 5.30. The molecule has 1 aromatic rings. The number of hydrogen-bond acceptors (Lipinski definition) is 5. The minimum absolute atomic E-state index is 0.131. The van der Waals surface area contributed by atoms with Crippen molar-refractivity contribution in [2.24, 2.45) is 5.41 Å². The Balaban J connectivity index is 1.78. The van der Waals surface area contributed by atoms with Crippen LogP contribution in [-0.4, -0.2) is 49.4 Å². The molecule has 3 rings (SSSR count). The molecule has 19 heavy (non-hydrogen) atoms. The van der Waals surface area contributed by atoms with E-state index >= 15 is 0 Å². The summed E-state index contributed by atoms with van der Waals surface area (Å²) < 4.78 is 18.7. The van der Waals surface area contributed by atoms with E-state index in [4.69, 9.17) is 4.74 Å². The summed E-state index contributed by atoms with van der Waals surface area (Å²) in [4.78, 5) is 10.3. The van der Waals surface area contributed by atoms with Crippen molar-refractivity contribution in [1.29, 1.82) is 0 Å². The third-order valence-electron chi connectivity index (χ3n) is 3.89. The van der Waals surface area contributed by atoms with Crippen molar-refractivity contribution >= 4 is 5.95 Å². The molecule has 0 bridgehead atoms. The fourth-order valence-electron chi connectivity index (χ4n) is 2.92. The minimum atomic E-state index is -0.399. The van der Waals surface area contributed by atoms with Crippen LogP contribution >= 0.6 is 0 Å². The van der Waals surface area contributed by atoms with E-state index in [1.165, 1.54) is 18.8 Å². The second-order valence-corrected chi connectivity index (χ2v) is 5.46. The first kappa shape index (κ1) is 12.7. The van der Waals surface area contributed by atoms with Gasteiger partial charge in [0.05, 0.1) is 25.6 Å². The summed E-state index contributed by atoms with van der Waals surface area (Å²) >= 11 is 0. The Morgan fingerprint density at radius 3 is 2.95 bits per heavy atom. The summed E-state index contributed by atoms with van der Waals surface area (Å²) in [6, 6.07) is 0. The van der Waals surface area contributed by atoms with E-state index in [-0.39, 0.29) is 5.41 Å². The molecule has 1 N–H and O–H groups in total. The molecule has 0 aliphatic carbocycles. The molecular formula is C13H19FN4O. The Morgan fingerprint density at radius 2 is 2.21 bits per heavy atom. The lowest BCUT2D eigenvalue weighted by Crippen LogP contribution is -2.49. The van der Waals surface area contributed by atoms with Crippen LogP contribution in [0.1, 0.15) is 12.8 Å². The third-order valence-corrected chi connectivity index (χ3v) is 3.89. The largest absolute Gasteiger partial charge is 0.379 e. The van der Waals surface area contributed by atoms with E-state index in [0.717, 1.165) is 39.2 Å². The summed E-state index contributed by atoms with van der Waals surface area (Å²) in [6.07, 6.45) is 4.76. The van der Waals surface area contributed by atoms with Crippen LogP contribution in [0.25, 0.3) is 0 Å². The molecule has 2 aliphatic rings. The average molecular weight is 266 g/mol. The van der Waals surface area contributed by atoms with E-state index in [2.05, 4.69) is 20.2 Å². The van der Waals surface area contributed by atoms with Gasteiger partial charge in [0, 0.05) is 25.0 Å². The van der Waals surface area contributed by atoms with Gasteiger partial charge in [-0.25, -0.2) is 14.4 Å². The molecular weight excluding hydrogens is 247 g/mol. The summed E-state index contributed by atoms with van der Waals surface area (Å²) in [7, 11) is 0. The first-order valence-corrected chi connectivity index (χ1v) is 6.78. The van der Waals surface area contributed by atoms with Gasteiger partial charge in [0.1, 0.15) is 0 Å². The maximum Gasteiger partial charge on any atom is 0.225 e. The quantitative estimate of drug-likeness (QED) is 0.815. The number of hydrogen-bond donors (Lipinski definition) is 1. The number of piperidine rings is 1. The normalized spacial score (nSPS) is 28.4. The monoisotopic (exact) mass is 266 g/mol. The van der Waals surface area contributed by atoms with Crippen LogP contribution in [0.2, 0.25) is 0 Å². The highest BCUT2D eigenvalue weighted by Gasteiger charge is 2.36. The number of halogens is 1. The van der Waals surface area contributed by atoms with Crippen molar-refractivity contribution < 1.29 is 9.13 Å². The molecule has 3 heterocycles. The van der Waals surface area contributed by atoms with Crippen molar-refractivity contribution in [3.8, 4) is 0 Å². The molecule has 6 heteroatoms. The molecule has 5 nitrogen and oxygen atoms in total. The van der Waals surface area contributed by atoms with Gasteiger partial charge in [0.25, 0.3) is 0 Å². The van der Waals surface area contributed by atoms with Crippen LogP contribution in [0.4, 0.5) is 10.3 Å². The zero-order valence-corrected chi connectivity index (χ0v) is 10.9. The summed E-state index contributed by atoms with van der Waals surface area (Å²) in [5.41, 5.74) is 0.131. The van der Waals surface area contributed by atoms with Gasteiger partial charge in [-0.2, -0.15) is 0 Å². The van der Waals surface area contributed by atoms with Gasteiger partial charge in [-0.3, -0.25) is 0 Å². The fraction of sp³-hybridized carbons (Fsp3) is 0.692. The van der Waals surface area contributed by atoms with Crippen LogP contribution in [0.5, 0.6) is 0 Å². The summed E-state index contributed by atoms with van der Waals surface area (Å²) in [6.45, 7) is 5.11. The lowest BCUT2D eigenvalue weighted by atomic mass is 9.81. The standard InChI is InChI=1S/C13H19FN4O/c14-11-6-16-12(17-7-11)18-4-5-19-10-13(9-18)2-1-3-15-8-13/h6-7,15H,1-5,8-10H2/t13-/m1/s1. The van der Waals surface area contributed by atoms with Crippen LogP contribution in [0, 0.1) is 11.2 Å². The maximum absolute atomic E-state index is 12.9. The number of nitrogens with zero attached hydrogens (tertiary/aromatic N) is 3. The molecule has 1 spiro atoms. The van der Waals surface area contributed by atoms with Gasteiger partial charge in [-0.1, -0.05) is 0 Å². The Morgan fingerprint density at radius 1 is 1.37 bits per heavy atom. The maximum atomic E-state index is 12.9. The average Bonchev–Trinajstić information content (AvgIpc) is 2.64. The zero-order valence-electron chi connectivity index (χ0n) is 10.9. The van der Waals surface area contributed by atoms with Crippen LogP contribution in [-0.2, 0) is 4.74 Å². The molecule has 2 aliphatic heterocycles. The lowest BCUT2D eigenvalue weighted by molar-refractivity contribution is 0.0536. The summed E-state index contributed by atoms with van der Waals surface area (Å²) in [5.74, 6) is 0.195. The van der Waals surface area contributed by atoms with Gasteiger partial charge < -0.3 is 15.0 Å². The number of ether oxygens (including phenoxy) is 1. The van der Waals surface area contributed by atoms with E-state index in [1.807, 2.05) is 0 Å². The van der Waals surface area contributed by atoms with Crippen molar-refractivity contribution in [2.75, 3.05) is 44.3 Å². The molecule has 2 fully saturated rings. The fourth-order valence-corrected chi connectivity index (χ4v) is 2.92. The molecule has 0 amide bonds. The molecule has 104 valence electrons. The summed E-state index contributed by atoms with van der Waals surface area (Å²) in [5, 5.41) is 3.45. The van der Waals surface area contributed by atoms with Crippen LogP contribution < -0.4 is 10.2 Å². The van der Waals surface area contributed by atoms with E-state index < -0.39 is 5.82 Å². The highest BCUT2D eigenvalue weighted by atomic mass is 19.1. The van der Waals surface area contributed by atoms with Crippen LogP contribution in [0.15, 0.2) is 12.4 Å². The first-order chi connectivity index (χ1) is 9.27. The first-order valence-electron chi connectivity index (χ1n) is 6.78. The SMILES string of the molecule is Fc1cnc(N2CCOC[C@@]3(CCCNC3)C2)nc1. The number of anilines is 1. The van der Waals surface area contributed by atoms with Crippen molar-refractivity contribution in [3.05, 3.63) is 18.2 Å². The minimum Gasteiger partial charge on any atom is -0.379 e. The molecule has 0 unspecified atom stereocenters. The Labute approximate surface area is 112 Å². The molecule has 0 aromatic carbocycles. The van der Waals surface area contributed by atoms with E-state index in [0.29, 0.717) is 12.6 Å². The lowest BCUT2D eigenvalue weighted by Gasteiger charge is -2.38.